The molecule has 0 aliphatic rings. The van der Waals surface area contributed by atoms with Crippen LogP contribution in [0.25, 0.3) is 0 Å². The number of hydrogen-bond acceptors (Lipinski definition) is 9. The van der Waals surface area contributed by atoms with Crippen LogP contribution in [0.3, 0.4) is 0 Å². The second-order valence-corrected chi connectivity index (χ2v) is 20.5. The number of thiol groups is 1. The molecule has 12 nitrogen and oxygen atoms in total. The predicted octanol–water partition coefficient (Wildman–Crippen LogP) is 8.05. The van der Waals surface area contributed by atoms with Crippen molar-refractivity contribution in [3.05, 3.63) is 172 Å². The zero-order chi connectivity index (χ0) is 48.9. The van der Waals surface area contributed by atoms with Crippen molar-refractivity contribution in [2.75, 3.05) is 5.75 Å². The molecule has 5 rings (SSSR count). The summed E-state index contributed by atoms with van der Waals surface area (Å²) in [6.45, 7) is 11.8. The lowest BCUT2D eigenvalue weighted by Crippen LogP contribution is -2.60. The van der Waals surface area contributed by atoms with Gasteiger partial charge in [-0.15, -0.1) is 11.8 Å². The number of phenols is 1. The fraction of sp³-hybridized carbons (Fsp3) is 0.340. The molecule has 5 aromatic rings. The Kier molecular flexibility index (Phi) is 17.7. The summed E-state index contributed by atoms with van der Waals surface area (Å²) in [7, 11) is 0. The van der Waals surface area contributed by atoms with Crippen LogP contribution in [0.15, 0.2) is 133 Å². The molecule has 0 radical (unpaired) electrons. The number of rotatable bonds is 20. The Labute approximate surface area is 403 Å². The maximum atomic E-state index is 15.1. The summed E-state index contributed by atoms with van der Waals surface area (Å²) in [6, 6.07) is 36.7. The second kappa shape index (κ2) is 23.0. The Hall–Kier alpha value is -6.25. The Morgan fingerprint density at radius 1 is 0.627 bits per heavy atom. The number of alkyl carbamates (subject to hydrolysis) is 1. The minimum atomic E-state index is -1.42. The lowest BCUT2D eigenvalue weighted by atomic mass is 9.84. The van der Waals surface area contributed by atoms with Gasteiger partial charge in [0.05, 0.1) is 4.75 Å². The smallest absolute Gasteiger partial charge is 0.408 e. The molecule has 0 bridgehead atoms. The summed E-state index contributed by atoms with van der Waals surface area (Å²) >= 11 is 5.87. The van der Waals surface area contributed by atoms with E-state index in [4.69, 9.17) is 4.74 Å². The zero-order valence-electron chi connectivity index (χ0n) is 39.0. The maximum absolute atomic E-state index is 15.1. The number of carbonyl (C=O) groups is 5. The van der Waals surface area contributed by atoms with Crippen molar-refractivity contribution in [2.24, 2.45) is 0 Å². The van der Waals surface area contributed by atoms with Gasteiger partial charge in [0.1, 0.15) is 35.5 Å². The van der Waals surface area contributed by atoms with Crippen molar-refractivity contribution in [1.29, 1.82) is 0 Å². The molecule has 0 spiro atoms. The van der Waals surface area contributed by atoms with Gasteiger partial charge >= 0.3 is 12.1 Å². The van der Waals surface area contributed by atoms with E-state index in [0.29, 0.717) is 23.1 Å². The second-order valence-electron chi connectivity index (χ2n) is 18.1. The molecular weight excluding hydrogens is 885 g/mol. The van der Waals surface area contributed by atoms with E-state index in [0.717, 1.165) is 22.3 Å². The lowest BCUT2D eigenvalue weighted by Gasteiger charge is -2.37. The number of ether oxygens (including phenoxy) is 1. The molecule has 0 saturated heterocycles. The molecule has 0 aliphatic heterocycles. The number of aryl methyl sites for hydroxylation is 3. The number of carbonyl (C=O) groups excluding carboxylic acids is 4. The first-order valence-corrected chi connectivity index (χ1v) is 23.6. The van der Waals surface area contributed by atoms with E-state index in [1.54, 1.807) is 60.6 Å². The fourth-order valence-corrected chi connectivity index (χ4v) is 9.60. The number of benzene rings is 5. The number of hydrogen-bond donors (Lipinski definition) is 7. The van der Waals surface area contributed by atoms with Gasteiger partial charge < -0.3 is 36.2 Å². The molecule has 0 fully saturated rings. The van der Waals surface area contributed by atoms with Gasteiger partial charge in [0, 0.05) is 16.9 Å². The highest BCUT2D eigenvalue weighted by Crippen LogP contribution is 2.48. The highest BCUT2D eigenvalue weighted by molar-refractivity contribution is 8.00. The van der Waals surface area contributed by atoms with E-state index in [9.17, 15) is 29.4 Å². The Bertz CT molecular complexity index is 2340. The first kappa shape index (κ1) is 51.7. The van der Waals surface area contributed by atoms with Crippen LogP contribution in [-0.2, 0) is 41.5 Å². The van der Waals surface area contributed by atoms with Crippen molar-refractivity contribution in [3.8, 4) is 5.75 Å². The van der Waals surface area contributed by atoms with Crippen LogP contribution in [-0.4, -0.2) is 80.3 Å². The normalized spacial score (nSPS) is 13.6. The van der Waals surface area contributed by atoms with Gasteiger partial charge in [-0.2, -0.15) is 12.6 Å². The summed E-state index contributed by atoms with van der Waals surface area (Å²) < 4.78 is 3.49. The summed E-state index contributed by atoms with van der Waals surface area (Å²) in [4.78, 5) is 70.0. The molecule has 0 aliphatic carbocycles. The molecule has 0 aromatic heterocycles. The lowest BCUT2D eigenvalue weighted by molar-refractivity contribution is -0.143. The molecular formula is C53H62N4O8S2. The van der Waals surface area contributed by atoms with Crippen LogP contribution in [0.5, 0.6) is 5.75 Å². The fourth-order valence-electron chi connectivity index (χ4n) is 7.87. The average molecular weight is 947 g/mol. The maximum Gasteiger partial charge on any atom is 0.408 e. The number of carboxylic acids is 1. The SMILES string of the molecule is Cc1cc(O)cc(C)c1C[C@H](NC(=O)OC(C)(C)C)C(=O)N[C@H](CSC(c1ccccc1)(c1ccccc1)c1ccccc1)C(=O)NC(CCc1ccccc1)C(=O)N[C@@H](C(=O)O)C(C)(C)S. The molecule has 0 heterocycles. The number of amides is 4. The number of thioether (sulfide) groups is 1. The van der Waals surface area contributed by atoms with Gasteiger partial charge in [-0.25, -0.2) is 9.59 Å². The topological polar surface area (TPSA) is 183 Å². The summed E-state index contributed by atoms with van der Waals surface area (Å²) in [5.41, 5.74) is 4.74. The van der Waals surface area contributed by atoms with Gasteiger partial charge in [0.25, 0.3) is 0 Å². The minimum Gasteiger partial charge on any atom is -0.508 e. The first-order chi connectivity index (χ1) is 31.7. The van der Waals surface area contributed by atoms with Crippen molar-refractivity contribution < 1.29 is 38.9 Å². The molecule has 4 atom stereocenters. The molecule has 67 heavy (non-hydrogen) atoms. The van der Waals surface area contributed by atoms with Gasteiger partial charge in [-0.05, 0) is 112 Å². The molecule has 5 aromatic carbocycles. The molecule has 354 valence electrons. The summed E-state index contributed by atoms with van der Waals surface area (Å²) in [5.74, 6) is -3.48. The van der Waals surface area contributed by atoms with E-state index in [2.05, 4.69) is 33.9 Å². The number of aliphatic carboxylic acids is 1. The van der Waals surface area contributed by atoms with Crippen LogP contribution in [0.4, 0.5) is 4.79 Å². The van der Waals surface area contributed by atoms with Gasteiger partial charge in [-0.3, -0.25) is 14.4 Å². The molecule has 0 saturated carbocycles. The van der Waals surface area contributed by atoms with Crippen molar-refractivity contribution in [1.82, 2.24) is 21.3 Å². The van der Waals surface area contributed by atoms with E-state index in [1.807, 2.05) is 121 Å². The van der Waals surface area contributed by atoms with Crippen LogP contribution in [0, 0.1) is 13.8 Å². The van der Waals surface area contributed by atoms with Crippen molar-refractivity contribution in [2.45, 2.75) is 107 Å². The van der Waals surface area contributed by atoms with E-state index in [-0.39, 0.29) is 24.3 Å². The third-order valence-corrected chi connectivity index (χ3v) is 13.1. The summed E-state index contributed by atoms with van der Waals surface area (Å²) in [5, 5.41) is 31.6. The zero-order valence-corrected chi connectivity index (χ0v) is 40.7. The highest BCUT2D eigenvalue weighted by Gasteiger charge is 2.41. The first-order valence-electron chi connectivity index (χ1n) is 22.2. The van der Waals surface area contributed by atoms with Gasteiger partial charge in [-0.1, -0.05) is 121 Å². The third kappa shape index (κ3) is 14.4. The van der Waals surface area contributed by atoms with E-state index < -0.39 is 69.0 Å². The van der Waals surface area contributed by atoms with Crippen LogP contribution in [0.1, 0.15) is 80.0 Å². The Morgan fingerprint density at radius 2 is 1.06 bits per heavy atom. The van der Waals surface area contributed by atoms with Crippen molar-refractivity contribution >= 4 is 54.2 Å². The highest BCUT2D eigenvalue weighted by atomic mass is 32.2. The summed E-state index contributed by atoms with van der Waals surface area (Å²) in [6.07, 6.45) is -0.450. The predicted molar refractivity (Wildman–Crippen MR) is 267 cm³/mol. The van der Waals surface area contributed by atoms with Crippen LogP contribution in [0.2, 0.25) is 0 Å². The van der Waals surface area contributed by atoms with Gasteiger partial charge in [0.2, 0.25) is 17.7 Å². The monoisotopic (exact) mass is 946 g/mol. The Morgan fingerprint density at radius 3 is 1.51 bits per heavy atom. The van der Waals surface area contributed by atoms with Crippen molar-refractivity contribution in [3.63, 3.8) is 0 Å². The molecule has 1 unspecified atom stereocenters. The molecule has 4 amide bonds. The number of phenolic OH excluding ortho intramolecular Hbond substituents is 1. The standard InChI is InChI=1S/C53H62N4O8S2/c1-34-30-40(58)31-35(2)41(34)32-43(56-50(64)65-51(3,4)5)47(60)55-44(33-67-53(37-22-14-9-15-23-37,38-24-16-10-17-25-38)39-26-18-11-19-27-39)48(61)54-42(29-28-36-20-12-8-13-21-36)46(59)57-45(49(62)63)52(6,7)66/h8-27,30-31,42-45,58,66H,28-29,32-33H2,1-7H3,(H,54,61)(H,55,60)(H,56,64)(H,57,59)(H,62,63)/t42?,43-,44+,45-/m0/s1. The minimum absolute atomic E-state index is 0.0231. The number of aromatic hydroxyl groups is 1. The molecule has 14 heteroatoms. The quantitative estimate of drug-likeness (QED) is 0.0300. The largest absolute Gasteiger partial charge is 0.508 e. The van der Waals surface area contributed by atoms with Gasteiger partial charge in [0.15, 0.2) is 0 Å². The van der Waals surface area contributed by atoms with Crippen LogP contribution < -0.4 is 21.3 Å². The third-order valence-electron chi connectivity index (χ3n) is 11.2. The number of carboxylic acid groups (broad SMARTS) is 1. The van der Waals surface area contributed by atoms with Crippen LogP contribution >= 0.6 is 24.4 Å². The molecule has 6 N–H and O–H groups in total. The Balaban J connectivity index is 1.61. The van der Waals surface area contributed by atoms with E-state index in [1.165, 1.54) is 11.8 Å². The number of nitrogens with one attached hydrogen (secondary N) is 4. The van der Waals surface area contributed by atoms with E-state index >= 15 is 4.79 Å². The average Bonchev–Trinajstić information content (AvgIpc) is 3.27.